The Morgan fingerprint density at radius 2 is 1.61 bits per heavy atom. The van der Waals surface area contributed by atoms with Crippen molar-refractivity contribution < 1.29 is 0 Å². The van der Waals surface area contributed by atoms with Crippen molar-refractivity contribution >= 4 is 46.1 Å². The summed E-state index contributed by atoms with van der Waals surface area (Å²) in [5.74, 6) is 1.05. The highest BCUT2D eigenvalue weighted by Crippen LogP contribution is 2.25. The molecule has 2 heterocycles. The van der Waals surface area contributed by atoms with Gasteiger partial charge in [0.1, 0.15) is 5.82 Å². The molecular weight excluding hydrogens is 388 g/mol. The molecule has 6 heteroatoms. The third kappa shape index (κ3) is 4.61. The minimum Gasteiger partial charge on any atom is -0.357 e. The van der Waals surface area contributed by atoms with Gasteiger partial charge in [0.25, 0.3) is 0 Å². The second kappa shape index (κ2) is 8.59. The molecule has 0 radical (unpaired) electrons. The van der Waals surface area contributed by atoms with Crippen molar-refractivity contribution in [2.75, 3.05) is 28.6 Å². The fourth-order valence-corrected chi connectivity index (χ4v) is 3.65. The van der Waals surface area contributed by atoms with Gasteiger partial charge in [0.15, 0.2) is 5.11 Å². The highest BCUT2D eigenvalue weighted by Gasteiger charge is 2.14. The number of anilines is 3. The number of thiocarbonyl (C=S) groups is 1. The molecule has 1 aromatic heterocycles. The van der Waals surface area contributed by atoms with Crippen LogP contribution in [0.3, 0.4) is 0 Å². The molecule has 0 saturated carbocycles. The zero-order valence-corrected chi connectivity index (χ0v) is 16.9. The van der Waals surface area contributed by atoms with Crippen LogP contribution in [0.15, 0.2) is 66.7 Å². The Bertz CT molecular complexity index is 968. The molecule has 0 amide bonds. The van der Waals surface area contributed by atoms with Gasteiger partial charge in [0.05, 0.1) is 5.69 Å². The van der Waals surface area contributed by atoms with Crippen molar-refractivity contribution in [1.82, 2.24) is 4.98 Å². The Balaban J connectivity index is 1.47. The fourth-order valence-electron chi connectivity index (χ4n) is 3.29. The van der Waals surface area contributed by atoms with Crippen LogP contribution in [-0.2, 0) is 0 Å². The van der Waals surface area contributed by atoms with Gasteiger partial charge in [-0.2, -0.15) is 0 Å². The maximum absolute atomic E-state index is 5.92. The average molecular weight is 409 g/mol. The van der Waals surface area contributed by atoms with E-state index in [-0.39, 0.29) is 0 Å². The molecule has 0 unspecified atom stereocenters. The molecule has 4 rings (SSSR count). The zero-order chi connectivity index (χ0) is 19.3. The van der Waals surface area contributed by atoms with Gasteiger partial charge in [0.2, 0.25) is 0 Å². The number of halogens is 1. The minimum absolute atomic E-state index is 0.526. The molecule has 1 aliphatic heterocycles. The third-order valence-electron chi connectivity index (χ3n) is 4.68. The first-order valence-corrected chi connectivity index (χ1v) is 10.1. The number of nitrogens with one attached hydrogen (secondary N) is 2. The second-order valence-corrected chi connectivity index (χ2v) is 7.59. The maximum atomic E-state index is 5.92. The highest BCUT2D eigenvalue weighted by atomic mass is 35.5. The van der Waals surface area contributed by atoms with Crippen LogP contribution < -0.4 is 15.5 Å². The van der Waals surface area contributed by atoms with Gasteiger partial charge in [-0.15, -0.1) is 0 Å². The first-order valence-electron chi connectivity index (χ1n) is 9.33. The van der Waals surface area contributed by atoms with Gasteiger partial charge in [-0.3, -0.25) is 0 Å². The molecule has 2 N–H and O–H groups in total. The monoisotopic (exact) mass is 408 g/mol. The quantitative estimate of drug-likeness (QED) is 0.533. The molecule has 2 aromatic carbocycles. The van der Waals surface area contributed by atoms with E-state index < -0.39 is 0 Å². The predicted molar refractivity (Wildman–Crippen MR) is 122 cm³/mol. The topological polar surface area (TPSA) is 40.2 Å². The second-order valence-electron chi connectivity index (χ2n) is 6.74. The largest absolute Gasteiger partial charge is 0.357 e. The van der Waals surface area contributed by atoms with E-state index in [1.165, 1.54) is 12.8 Å². The molecular formula is C22H21ClN4S. The SMILES string of the molecule is S=C(Nc1ccc(Cl)cc1)Nc1cccc(-c2cccc(N3CCCC3)n2)c1. The van der Waals surface area contributed by atoms with E-state index in [0.29, 0.717) is 10.1 Å². The van der Waals surface area contributed by atoms with Gasteiger partial charge < -0.3 is 15.5 Å². The van der Waals surface area contributed by atoms with Crippen LogP contribution in [0.4, 0.5) is 17.2 Å². The van der Waals surface area contributed by atoms with Crippen molar-refractivity contribution in [3.05, 3.63) is 71.8 Å². The lowest BCUT2D eigenvalue weighted by molar-refractivity contribution is 0.939. The Labute approximate surface area is 175 Å². The molecule has 0 atom stereocenters. The Morgan fingerprint density at radius 1 is 0.893 bits per heavy atom. The summed E-state index contributed by atoms with van der Waals surface area (Å²) in [6, 6.07) is 21.8. The lowest BCUT2D eigenvalue weighted by Crippen LogP contribution is -2.19. The summed E-state index contributed by atoms with van der Waals surface area (Å²) in [6.07, 6.45) is 2.48. The van der Waals surface area contributed by atoms with Crippen molar-refractivity contribution in [3.63, 3.8) is 0 Å². The van der Waals surface area contributed by atoms with E-state index in [0.717, 1.165) is 41.5 Å². The van der Waals surface area contributed by atoms with Gasteiger partial charge in [0, 0.05) is 35.1 Å². The van der Waals surface area contributed by atoms with Gasteiger partial charge in [-0.1, -0.05) is 29.8 Å². The van der Waals surface area contributed by atoms with Crippen molar-refractivity contribution in [3.8, 4) is 11.3 Å². The average Bonchev–Trinajstić information content (AvgIpc) is 3.25. The zero-order valence-electron chi connectivity index (χ0n) is 15.4. The smallest absolute Gasteiger partial charge is 0.175 e. The van der Waals surface area contributed by atoms with Gasteiger partial charge in [-0.25, -0.2) is 4.98 Å². The van der Waals surface area contributed by atoms with E-state index in [9.17, 15) is 0 Å². The van der Waals surface area contributed by atoms with Crippen LogP contribution in [0.25, 0.3) is 11.3 Å². The summed E-state index contributed by atoms with van der Waals surface area (Å²) in [5.41, 5.74) is 3.82. The highest BCUT2D eigenvalue weighted by molar-refractivity contribution is 7.80. The van der Waals surface area contributed by atoms with E-state index in [1.807, 2.05) is 42.5 Å². The van der Waals surface area contributed by atoms with E-state index in [1.54, 1.807) is 0 Å². The standard InChI is InChI=1S/C22H21ClN4S/c23-17-9-11-18(12-10-17)24-22(28)25-19-6-3-5-16(15-19)20-7-4-8-21(26-20)27-13-1-2-14-27/h3-12,15H,1-2,13-14H2,(H2,24,25,28). The number of hydrogen-bond donors (Lipinski definition) is 2. The van der Waals surface area contributed by atoms with Crippen molar-refractivity contribution in [1.29, 1.82) is 0 Å². The molecule has 0 aliphatic carbocycles. The lowest BCUT2D eigenvalue weighted by Gasteiger charge is -2.17. The fraction of sp³-hybridized carbons (Fsp3) is 0.182. The van der Waals surface area contributed by atoms with E-state index in [4.69, 9.17) is 28.8 Å². The summed E-state index contributed by atoms with van der Waals surface area (Å²) >= 11 is 11.3. The molecule has 1 saturated heterocycles. The minimum atomic E-state index is 0.526. The van der Waals surface area contributed by atoms with Crippen molar-refractivity contribution in [2.45, 2.75) is 12.8 Å². The molecule has 28 heavy (non-hydrogen) atoms. The van der Waals surface area contributed by atoms with E-state index >= 15 is 0 Å². The molecule has 3 aromatic rings. The van der Waals surface area contributed by atoms with Crippen molar-refractivity contribution in [2.24, 2.45) is 0 Å². The number of rotatable bonds is 4. The van der Waals surface area contributed by atoms with Crippen LogP contribution in [0, 0.1) is 0 Å². The van der Waals surface area contributed by atoms with Crippen LogP contribution in [0.2, 0.25) is 5.02 Å². The Hall–Kier alpha value is -2.63. The van der Waals surface area contributed by atoms with Crippen LogP contribution in [0.1, 0.15) is 12.8 Å². The summed E-state index contributed by atoms with van der Waals surface area (Å²) in [4.78, 5) is 7.20. The number of aromatic nitrogens is 1. The molecule has 4 nitrogen and oxygen atoms in total. The normalized spacial score (nSPS) is 13.4. The van der Waals surface area contributed by atoms with Gasteiger partial charge in [-0.05, 0) is 73.6 Å². The number of nitrogens with zero attached hydrogens (tertiary/aromatic N) is 2. The third-order valence-corrected chi connectivity index (χ3v) is 5.14. The Morgan fingerprint density at radius 3 is 2.39 bits per heavy atom. The molecule has 0 spiro atoms. The number of benzene rings is 2. The maximum Gasteiger partial charge on any atom is 0.175 e. The van der Waals surface area contributed by atoms with Crippen LogP contribution in [0.5, 0.6) is 0 Å². The first-order chi connectivity index (χ1) is 13.7. The number of hydrogen-bond acceptors (Lipinski definition) is 3. The van der Waals surface area contributed by atoms with E-state index in [2.05, 4.69) is 39.8 Å². The molecule has 142 valence electrons. The summed E-state index contributed by atoms with van der Waals surface area (Å²) < 4.78 is 0. The Kier molecular flexibility index (Phi) is 5.74. The van der Waals surface area contributed by atoms with Crippen LogP contribution in [-0.4, -0.2) is 23.2 Å². The lowest BCUT2D eigenvalue weighted by atomic mass is 10.1. The molecule has 0 bridgehead atoms. The summed E-state index contributed by atoms with van der Waals surface area (Å²) in [6.45, 7) is 2.17. The predicted octanol–water partition coefficient (Wildman–Crippen LogP) is 5.81. The summed E-state index contributed by atoms with van der Waals surface area (Å²) in [7, 11) is 0. The van der Waals surface area contributed by atoms with Crippen LogP contribution >= 0.6 is 23.8 Å². The molecule has 1 fully saturated rings. The van der Waals surface area contributed by atoms with Gasteiger partial charge >= 0.3 is 0 Å². The number of pyridine rings is 1. The molecule has 1 aliphatic rings. The first kappa shape index (κ1) is 18.7. The summed E-state index contributed by atoms with van der Waals surface area (Å²) in [5, 5.41) is 7.62.